The molecule has 0 atom stereocenters. The van der Waals surface area contributed by atoms with Gasteiger partial charge in [-0.2, -0.15) is 0 Å². The second-order valence-corrected chi connectivity index (χ2v) is 10.6. The Bertz CT molecular complexity index is 1690. The van der Waals surface area contributed by atoms with Crippen molar-refractivity contribution >= 4 is 44.3 Å². The van der Waals surface area contributed by atoms with Gasteiger partial charge in [0.25, 0.3) is 22.4 Å². The van der Waals surface area contributed by atoms with E-state index in [0.29, 0.717) is 34.6 Å². The number of benzene rings is 3. The van der Waals surface area contributed by atoms with Gasteiger partial charge in [-0.25, -0.2) is 27.2 Å². The van der Waals surface area contributed by atoms with Gasteiger partial charge >= 0.3 is 0 Å². The number of aliphatic hydroxyl groups is 1. The molecule has 1 heterocycles. The Labute approximate surface area is 246 Å². The molecule has 0 radical (unpaired) electrons. The van der Waals surface area contributed by atoms with Crippen molar-refractivity contribution in [1.29, 1.82) is 0 Å². The van der Waals surface area contributed by atoms with Crippen LogP contribution in [0.4, 0.5) is 26.1 Å². The summed E-state index contributed by atoms with van der Waals surface area (Å²) in [6.45, 7) is -0.762. The molecule has 228 valence electrons. The number of sulfonamides is 1. The maximum absolute atomic E-state index is 13.4. The van der Waals surface area contributed by atoms with E-state index < -0.39 is 28.9 Å². The largest absolute Gasteiger partial charge is 0.497 e. The third-order valence-electron chi connectivity index (χ3n) is 5.93. The van der Waals surface area contributed by atoms with Crippen LogP contribution in [0.2, 0.25) is 0 Å². The number of rotatable bonds is 14. The number of ether oxygens (including phenoxy) is 3. The number of alkyl halides is 2. The number of carbonyl (C=O) groups is 1. The molecule has 0 aliphatic heterocycles. The van der Waals surface area contributed by atoms with E-state index >= 15 is 0 Å². The second-order valence-electron chi connectivity index (χ2n) is 8.90. The van der Waals surface area contributed by atoms with Crippen LogP contribution in [-0.4, -0.2) is 69.8 Å². The maximum atomic E-state index is 13.4. The highest BCUT2D eigenvalue weighted by atomic mass is 32.2. The fourth-order valence-electron chi connectivity index (χ4n) is 3.86. The number of hydrogen-bond donors (Lipinski definition) is 4. The first kappa shape index (κ1) is 31.2. The molecular formula is C28H29F2N5O7S. The zero-order valence-electron chi connectivity index (χ0n) is 23.1. The van der Waals surface area contributed by atoms with Gasteiger partial charge in [0.2, 0.25) is 0 Å². The van der Waals surface area contributed by atoms with Gasteiger partial charge in [0.15, 0.2) is 23.1 Å². The van der Waals surface area contributed by atoms with Crippen LogP contribution in [0, 0.1) is 0 Å². The molecule has 0 unspecified atom stereocenters. The lowest BCUT2D eigenvalue weighted by molar-refractivity contribution is 0.0891. The number of nitrogens with one attached hydrogen (secondary N) is 3. The lowest BCUT2D eigenvalue weighted by Crippen LogP contribution is -2.28. The van der Waals surface area contributed by atoms with Crippen LogP contribution in [0.5, 0.6) is 17.2 Å². The summed E-state index contributed by atoms with van der Waals surface area (Å²) in [4.78, 5) is 20.9. The molecule has 43 heavy (non-hydrogen) atoms. The van der Waals surface area contributed by atoms with Crippen molar-refractivity contribution in [2.75, 3.05) is 44.0 Å². The first-order valence-corrected chi connectivity index (χ1v) is 14.4. The van der Waals surface area contributed by atoms with Gasteiger partial charge in [-0.15, -0.1) is 0 Å². The number of para-hydroxylation sites is 2. The molecule has 1 aromatic heterocycles. The molecule has 4 N–H and O–H groups in total. The quantitative estimate of drug-likeness (QED) is 0.153. The first-order valence-electron chi connectivity index (χ1n) is 12.9. The third kappa shape index (κ3) is 7.75. The molecule has 3 aromatic carbocycles. The zero-order chi connectivity index (χ0) is 31.0. The first-order chi connectivity index (χ1) is 20.6. The predicted octanol–water partition coefficient (Wildman–Crippen LogP) is 3.95. The van der Waals surface area contributed by atoms with E-state index in [1.165, 1.54) is 38.5 Å². The lowest BCUT2D eigenvalue weighted by atomic mass is 10.2. The summed E-state index contributed by atoms with van der Waals surface area (Å²) in [6, 6.07) is 14.8. The highest BCUT2D eigenvalue weighted by Gasteiger charge is 2.22. The van der Waals surface area contributed by atoms with Crippen molar-refractivity contribution in [1.82, 2.24) is 15.3 Å². The van der Waals surface area contributed by atoms with Gasteiger partial charge in [0.1, 0.15) is 5.75 Å². The molecule has 0 spiro atoms. The number of anilines is 3. The molecule has 1 amide bonds. The SMILES string of the molecule is COc1cc(Nc2nc3ccccc3nc2NS(=O)(=O)c2ccc(C(=O)NCC(F)F)cc2)c(OCCCO)c(OC)c1. The summed E-state index contributed by atoms with van der Waals surface area (Å²) in [7, 11) is -1.36. The smallest absolute Gasteiger partial charge is 0.263 e. The fraction of sp³-hybridized carbons (Fsp3) is 0.250. The molecule has 4 aromatic rings. The minimum Gasteiger partial charge on any atom is -0.497 e. The summed E-state index contributed by atoms with van der Waals surface area (Å²) in [5.41, 5.74) is 1.19. The lowest BCUT2D eigenvalue weighted by Gasteiger charge is -2.19. The number of aliphatic hydroxyl groups excluding tert-OH is 1. The number of halogens is 2. The average Bonchev–Trinajstić information content (AvgIpc) is 3.00. The van der Waals surface area contributed by atoms with E-state index in [1.807, 2.05) is 0 Å². The van der Waals surface area contributed by atoms with Crippen LogP contribution in [0.3, 0.4) is 0 Å². The predicted molar refractivity (Wildman–Crippen MR) is 155 cm³/mol. The average molecular weight is 618 g/mol. The van der Waals surface area contributed by atoms with Crippen molar-refractivity contribution in [3.8, 4) is 17.2 Å². The Balaban J connectivity index is 1.71. The van der Waals surface area contributed by atoms with Crippen molar-refractivity contribution in [2.45, 2.75) is 17.7 Å². The molecule has 15 heteroatoms. The number of methoxy groups -OCH3 is 2. The van der Waals surface area contributed by atoms with E-state index in [2.05, 4.69) is 25.3 Å². The number of fused-ring (bicyclic) bond motifs is 1. The molecule has 4 rings (SSSR count). The fourth-order valence-corrected chi connectivity index (χ4v) is 4.87. The normalized spacial score (nSPS) is 11.3. The Morgan fingerprint density at radius 3 is 2.26 bits per heavy atom. The van der Waals surface area contributed by atoms with Crippen LogP contribution in [0.15, 0.2) is 65.6 Å². The zero-order valence-corrected chi connectivity index (χ0v) is 24.0. The summed E-state index contributed by atoms with van der Waals surface area (Å²) >= 11 is 0. The maximum Gasteiger partial charge on any atom is 0.263 e. The van der Waals surface area contributed by atoms with E-state index in [0.717, 1.165) is 0 Å². The number of aromatic nitrogens is 2. The minimum absolute atomic E-state index is 0.00755. The number of nitrogens with zero attached hydrogens (tertiary/aromatic N) is 2. The molecule has 12 nitrogen and oxygen atoms in total. The van der Waals surface area contributed by atoms with Gasteiger partial charge in [0.05, 0.1) is 49.0 Å². The van der Waals surface area contributed by atoms with Crippen LogP contribution in [0.1, 0.15) is 16.8 Å². The Hall–Kier alpha value is -4.76. The minimum atomic E-state index is -4.27. The van der Waals surface area contributed by atoms with Crippen LogP contribution in [-0.2, 0) is 10.0 Å². The summed E-state index contributed by atoms with van der Waals surface area (Å²) in [5, 5.41) is 14.3. The van der Waals surface area contributed by atoms with Gasteiger partial charge in [-0.1, -0.05) is 12.1 Å². The Kier molecular flexibility index (Phi) is 10.1. The summed E-state index contributed by atoms with van der Waals surface area (Å²) < 4.78 is 70.8. The number of hydrogen-bond acceptors (Lipinski definition) is 10. The van der Waals surface area contributed by atoms with Crippen molar-refractivity contribution in [2.24, 2.45) is 0 Å². The van der Waals surface area contributed by atoms with Gasteiger partial charge in [-0.05, 0) is 36.4 Å². The molecule has 0 aliphatic rings. The monoisotopic (exact) mass is 617 g/mol. The molecular weight excluding hydrogens is 588 g/mol. The van der Waals surface area contributed by atoms with E-state index in [-0.39, 0.29) is 41.1 Å². The van der Waals surface area contributed by atoms with Gasteiger partial charge in [0, 0.05) is 30.7 Å². The Morgan fingerprint density at radius 1 is 0.977 bits per heavy atom. The summed E-state index contributed by atoms with van der Waals surface area (Å²) in [6.07, 6.45) is -2.37. The number of carbonyl (C=O) groups excluding carboxylic acids is 1. The van der Waals surface area contributed by atoms with Gasteiger partial charge < -0.3 is 30.0 Å². The van der Waals surface area contributed by atoms with E-state index in [4.69, 9.17) is 14.2 Å². The highest BCUT2D eigenvalue weighted by molar-refractivity contribution is 7.92. The van der Waals surface area contributed by atoms with Crippen molar-refractivity contribution < 1.29 is 41.3 Å². The second kappa shape index (κ2) is 13.9. The number of amides is 1. The molecule has 0 bridgehead atoms. The Morgan fingerprint density at radius 2 is 1.65 bits per heavy atom. The molecule has 0 fully saturated rings. The third-order valence-corrected chi connectivity index (χ3v) is 7.29. The van der Waals surface area contributed by atoms with Crippen molar-refractivity contribution in [3.63, 3.8) is 0 Å². The van der Waals surface area contributed by atoms with Crippen LogP contribution in [0.25, 0.3) is 11.0 Å². The van der Waals surface area contributed by atoms with Gasteiger partial charge in [-0.3, -0.25) is 9.52 Å². The van der Waals surface area contributed by atoms with E-state index in [1.54, 1.807) is 36.4 Å². The molecule has 0 saturated carbocycles. The molecule has 0 aliphatic carbocycles. The highest BCUT2D eigenvalue weighted by Crippen LogP contribution is 2.42. The van der Waals surface area contributed by atoms with Crippen molar-refractivity contribution in [3.05, 3.63) is 66.2 Å². The molecule has 0 saturated heterocycles. The van der Waals surface area contributed by atoms with Crippen LogP contribution < -0.4 is 29.6 Å². The van der Waals surface area contributed by atoms with E-state index in [9.17, 15) is 27.1 Å². The topological polar surface area (TPSA) is 161 Å². The summed E-state index contributed by atoms with van der Waals surface area (Å²) in [5.74, 6) is 0.0833. The van der Waals surface area contributed by atoms with Crippen LogP contribution >= 0.6 is 0 Å². The standard InChI is InChI=1S/C28H29F2N5O7S/c1-40-18-14-22(25(23(15-18)41-2)42-13-5-12-36)34-26-27(33-21-7-4-3-6-20(21)32-26)35-43(38,39)19-10-8-17(9-11-19)28(37)31-16-24(29)30/h3-4,6-11,14-15,24,36H,5,12-13,16H2,1-2H3,(H,31,37)(H,32,34)(H,33,35).